The summed E-state index contributed by atoms with van der Waals surface area (Å²) in [6.07, 6.45) is 4.90. The molecule has 2 heteroatoms. The summed E-state index contributed by atoms with van der Waals surface area (Å²) >= 11 is 0. The highest BCUT2D eigenvalue weighted by molar-refractivity contribution is 5.84. The molecule has 0 aliphatic heterocycles. The van der Waals surface area contributed by atoms with Crippen LogP contribution in [-0.4, -0.2) is 18.3 Å². The molecule has 0 saturated heterocycles. The molecule has 2 nitrogen and oxygen atoms in total. The molecule has 1 saturated carbocycles. The van der Waals surface area contributed by atoms with Gasteiger partial charge in [-0.2, -0.15) is 0 Å². The highest BCUT2D eigenvalue weighted by Crippen LogP contribution is 2.43. The summed E-state index contributed by atoms with van der Waals surface area (Å²) in [4.78, 5) is 0. The predicted octanol–water partition coefficient (Wildman–Crippen LogP) is 3.17. The molecule has 0 amide bonds. The molecule has 0 unspecified atom stereocenters. The van der Waals surface area contributed by atoms with E-state index < -0.39 is 0 Å². The van der Waals surface area contributed by atoms with Crippen LogP contribution in [0.4, 0.5) is 0 Å². The third kappa shape index (κ3) is 1.63. The molecule has 0 spiro atoms. The number of hydrogen-bond acceptors (Lipinski definition) is 1. The fourth-order valence-electron chi connectivity index (χ4n) is 2.38. The fraction of sp³-hybridized carbons (Fsp3) is 0.429. The Bertz CT molecular complexity index is 496. The van der Waals surface area contributed by atoms with Crippen LogP contribution in [0, 0.1) is 0 Å². The van der Waals surface area contributed by atoms with Crippen molar-refractivity contribution in [1.29, 1.82) is 0 Å². The minimum atomic E-state index is 0.775. The number of methoxy groups -OCH3 is 1. The first kappa shape index (κ1) is 9.91. The molecule has 16 heavy (non-hydrogen) atoms. The van der Waals surface area contributed by atoms with Crippen molar-refractivity contribution in [2.75, 3.05) is 13.7 Å². The second-order valence-electron chi connectivity index (χ2n) is 4.56. The van der Waals surface area contributed by atoms with Crippen molar-refractivity contribution in [2.24, 2.45) is 0 Å². The van der Waals surface area contributed by atoms with Crippen LogP contribution >= 0.6 is 0 Å². The van der Waals surface area contributed by atoms with Crippen LogP contribution in [0.2, 0.25) is 0 Å². The van der Waals surface area contributed by atoms with Gasteiger partial charge in [-0.05, 0) is 36.5 Å². The summed E-state index contributed by atoms with van der Waals surface area (Å²) < 4.78 is 7.42. The van der Waals surface area contributed by atoms with Gasteiger partial charge in [-0.25, -0.2) is 0 Å². The zero-order valence-electron chi connectivity index (χ0n) is 9.65. The smallest absolute Gasteiger partial charge is 0.0641 e. The van der Waals surface area contributed by atoms with Gasteiger partial charge in [0.2, 0.25) is 0 Å². The SMILES string of the molecule is COCCn1ccc2c(C3CC3)cccc21. The lowest BCUT2D eigenvalue weighted by atomic mass is 10.1. The van der Waals surface area contributed by atoms with Gasteiger partial charge in [0.1, 0.15) is 0 Å². The summed E-state index contributed by atoms with van der Waals surface area (Å²) in [6.45, 7) is 1.71. The monoisotopic (exact) mass is 215 g/mol. The Kier molecular flexibility index (Phi) is 2.44. The van der Waals surface area contributed by atoms with Gasteiger partial charge in [-0.1, -0.05) is 12.1 Å². The van der Waals surface area contributed by atoms with E-state index in [2.05, 4.69) is 35.0 Å². The Morgan fingerprint density at radius 1 is 1.31 bits per heavy atom. The average Bonchev–Trinajstić information content (AvgIpc) is 3.07. The molecule has 3 rings (SSSR count). The van der Waals surface area contributed by atoms with Crippen LogP contribution in [0.5, 0.6) is 0 Å². The van der Waals surface area contributed by atoms with Gasteiger partial charge in [0.15, 0.2) is 0 Å². The maximum atomic E-state index is 5.13. The Morgan fingerprint density at radius 3 is 2.94 bits per heavy atom. The molecule has 1 heterocycles. The van der Waals surface area contributed by atoms with E-state index in [0.717, 1.165) is 19.1 Å². The second kappa shape index (κ2) is 3.95. The largest absolute Gasteiger partial charge is 0.383 e. The second-order valence-corrected chi connectivity index (χ2v) is 4.56. The van der Waals surface area contributed by atoms with Gasteiger partial charge in [0, 0.05) is 30.8 Å². The van der Waals surface area contributed by atoms with Gasteiger partial charge >= 0.3 is 0 Å². The van der Waals surface area contributed by atoms with Crippen LogP contribution in [0.15, 0.2) is 30.5 Å². The number of nitrogens with zero attached hydrogens (tertiary/aromatic N) is 1. The van der Waals surface area contributed by atoms with Gasteiger partial charge in [-0.3, -0.25) is 0 Å². The number of ether oxygens (including phenoxy) is 1. The highest BCUT2D eigenvalue weighted by Gasteiger charge is 2.25. The lowest BCUT2D eigenvalue weighted by Crippen LogP contribution is -2.02. The molecule has 1 aromatic carbocycles. The van der Waals surface area contributed by atoms with E-state index in [4.69, 9.17) is 4.74 Å². The zero-order chi connectivity index (χ0) is 11.0. The Labute approximate surface area is 95.8 Å². The molecule has 2 aromatic rings. The summed E-state index contributed by atoms with van der Waals surface area (Å²) in [7, 11) is 1.75. The molecule has 1 aliphatic carbocycles. The van der Waals surface area contributed by atoms with E-state index in [0.29, 0.717) is 0 Å². The minimum Gasteiger partial charge on any atom is -0.383 e. The Hall–Kier alpha value is -1.28. The van der Waals surface area contributed by atoms with Gasteiger partial charge in [0.05, 0.1) is 6.61 Å². The van der Waals surface area contributed by atoms with Crippen LogP contribution in [0.1, 0.15) is 24.3 Å². The quantitative estimate of drug-likeness (QED) is 0.764. The molecule has 1 fully saturated rings. The fourth-order valence-corrected chi connectivity index (χ4v) is 2.38. The van der Waals surface area contributed by atoms with Crippen LogP contribution in [0.25, 0.3) is 10.9 Å². The number of aromatic nitrogens is 1. The van der Waals surface area contributed by atoms with E-state index in [1.54, 1.807) is 7.11 Å². The molecule has 84 valence electrons. The van der Waals surface area contributed by atoms with E-state index in [9.17, 15) is 0 Å². The molecule has 0 bridgehead atoms. The van der Waals surface area contributed by atoms with Crippen LogP contribution in [0.3, 0.4) is 0 Å². The third-order valence-corrected chi connectivity index (χ3v) is 3.40. The molecule has 0 radical (unpaired) electrons. The maximum Gasteiger partial charge on any atom is 0.0641 e. The molecule has 0 N–H and O–H groups in total. The van der Waals surface area contributed by atoms with Gasteiger partial charge < -0.3 is 9.30 Å². The number of benzene rings is 1. The van der Waals surface area contributed by atoms with Crippen LogP contribution < -0.4 is 0 Å². The Morgan fingerprint density at radius 2 is 2.19 bits per heavy atom. The minimum absolute atomic E-state index is 0.775. The van der Waals surface area contributed by atoms with Crippen molar-refractivity contribution < 1.29 is 4.74 Å². The standard InChI is InChI=1S/C14H17NO/c1-16-10-9-15-8-7-13-12(11-5-6-11)3-2-4-14(13)15/h2-4,7-8,11H,5-6,9-10H2,1H3. The Balaban J connectivity index is 2.02. The predicted molar refractivity (Wildman–Crippen MR) is 65.8 cm³/mol. The number of rotatable bonds is 4. The first-order chi connectivity index (χ1) is 7.90. The molecule has 0 atom stereocenters. The highest BCUT2D eigenvalue weighted by atomic mass is 16.5. The molecule has 1 aliphatic rings. The molecular weight excluding hydrogens is 198 g/mol. The van der Waals surface area contributed by atoms with Crippen LogP contribution in [-0.2, 0) is 11.3 Å². The van der Waals surface area contributed by atoms with E-state index >= 15 is 0 Å². The molecular formula is C14H17NO. The number of hydrogen-bond donors (Lipinski definition) is 0. The summed E-state index contributed by atoms with van der Waals surface area (Å²) in [5.41, 5.74) is 2.88. The average molecular weight is 215 g/mol. The van der Waals surface area contributed by atoms with Crippen molar-refractivity contribution in [1.82, 2.24) is 4.57 Å². The van der Waals surface area contributed by atoms with Crippen molar-refractivity contribution in [2.45, 2.75) is 25.3 Å². The summed E-state index contributed by atoms with van der Waals surface area (Å²) in [5, 5.41) is 1.43. The lowest BCUT2D eigenvalue weighted by molar-refractivity contribution is 0.188. The third-order valence-electron chi connectivity index (χ3n) is 3.40. The van der Waals surface area contributed by atoms with Crippen molar-refractivity contribution in [3.63, 3.8) is 0 Å². The first-order valence-corrected chi connectivity index (χ1v) is 5.97. The lowest BCUT2D eigenvalue weighted by Gasteiger charge is -2.06. The van der Waals surface area contributed by atoms with Gasteiger partial charge in [-0.15, -0.1) is 0 Å². The topological polar surface area (TPSA) is 14.2 Å². The normalized spacial score (nSPS) is 15.8. The molecule has 1 aromatic heterocycles. The zero-order valence-corrected chi connectivity index (χ0v) is 9.65. The first-order valence-electron chi connectivity index (χ1n) is 5.97. The maximum absolute atomic E-state index is 5.13. The van der Waals surface area contributed by atoms with Crippen molar-refractivity contribution >= 4 is 10.9 Å². The van der Waals surface area contributed by atoms with E-state index in [1.165, 1.54) is 29.3 Å². The van der Waals surface area contributed by atoms with Crippen molar-refractivity contribution in [3.8, 4) is 0 Å². The number of fused-ring (bicyclic) bond motifs is 1. The van der Waals surface area contributed by atoms with Gasteiger partial charge in [0.25, 0.3) is 0 Å². The summed E-state index contributed by atoms with van der Waals surface area (Å²) in [5.74, 6) is 0.821. The van der Waals surface area contributed by atoms with Crippen molar-refractivity contribution in [3.05, 3.63) is 36.0 Å². The van der Waals surface area contributed by atoms with E-state index in [1.807, 2.05) is 0 Å². The summed E-state index contributed by atoms with van der Waals surface area (Å²) in [6, 6.07) is 8.91. The van der Waals surface area contributed by atoms with E-state index in [-0.39, 0.29) is 0 Å².